The molecule has 1 fully saturated rings. The molecule has 6 nitrogen and oxygen atoms in total. The lowest BCUT2D eigenvalue weighted by atomic mass is 10.3. The van der Waals surface area contributed by atoms with Crippen LogP contribution in [0.4, 0.5) is 10.5 Å². The SMILES string of the molecule is O=C(CN1CCCNC1=O)Nc1ccc(Br)cc1O. The summed E-state index contributed by atoms with van der Waals surface area (Å²) < 4.78 is 0.721. The zero-order valence-corrected chi connectivity index (χ0v) is 11.7. The molecule has 1 aliphatic rings. The van der Waals surface area contributed by atoms with Crippen molar-refractivity contribution in [1.29, 1.82) is 0 Å². The van der Waals surface area contributed by atoms with Gasteiger partial charge in [-0.05, 0) is 24.6 Å². The molecule has 1 heterocycles. The van der Waals surface area contributed by atoms with E-state index in [-0.39, 0.29) is 24.2 Å². The van der Waals surface area contributed by atoms with E-state index in [1.54, 1.807) is 12.1 Å². The van der Waals surface area contributed by atoms with Crippen molar-refractivity contribution in [1.82, 2.24) is 10.2 Å². The first-order chi connectivity index (χ1) is 9.06. The van der Waals surface area contributed by atoms with Gasteiger partial charge in [-0.25, -0.2) is 4.79 Å². The number of rotatable bonds is 3. The fraction of sp³-hybridized carbons (Fsp3) is 0.333. The third-order valence-electron chi connectivity index (χ3n) is 2.74. The van der Waals surface area contributed by atoms with E-state index in [9.17, 15) is 14.7 Å². The average molecular weight is 328 g/mol. The van der Waals surface area contributed by atoms with Crippen LogP contribution in [0.3, 0.4) is 0 Å². The van der Waals surface area contributed by atoms with Crippen LogP contribution in [-0.2, 0) is 4.79 Å². The van der Waals surface area contributed by atoms with E-state index < -0.39 is 0 Å². The molecule has 0 aliphatic carbocycles. The second-order valence-corrected chi connectivity index (χ2v) is 5.13. The maximum atomic E-state index is 11.8. The average Bonchev–Trinajstić information content (AvgIpc) is 2.36. The summed E-state index contributed by atoms with van der Waals surface area (Å²) >= 11 is 3.22. The Morgan fingerprint density at radius 2 is 2.32 bits per heavy atom. The largest absolute Gasteiger partial charge is 0.506 e. The van der Waals surface area contributed by atoms with Crippen LogP contribution >= 0.6 is 15.9 Å². The number of aromatic hydroxyl groups is 1. The van der Waals surface area contributed by atoms with Gasteiger partial charge in [0.15, 0.2) is 0 Å². The van der Waals surface area contributed by atoms with Crippen LogP contribution in [-0.4, -0.2) is 41.6 Å². The van der Waals surface area contributed by atoms with Gasteiger partial charge in [0.1, 0.15) is 12.3 Å². The third kappa shape index (κ3) is 3.60. The van der Waals surface area contributed by atoms with E-state index in [2.05, 4.69) is 26.6 Å². The van der Waals surface area contributed by atoms with Crippen molar-refractivity contribution in [3.63, 3.8) is 0 Å². The molecule has 102 valence electrons. The van der Waals surface area contributed by atoms with E-state index >= 15 is 0 Å². The number of amides is 3. The Balaban J connectivity index is 1.95. The molecule has 0 atom stereocenters. The van der Waals surface area contributed by atoms with Gasteiger partial charge < -0.3 is 20.6 Å². The molecule has 3 N–H and O–H groups in total. The van der Waals surface area contributed by atoms with Gasteiger partial charge in [0.2, 0.25) is 5.91 Å². The smallest absolute Gasteiger partial charge is 0.317 e. The molecule has 1 saturated heterocycles. The van der Waals surface area contributed by atoms with Gasteiger partial charge in [0.05, 0.1) is 5.69 Å². The fourth-order valence-electron chi connectivity index (χ4n) is 1.80. The first-order valence-corrected chi connectivity index (χ1v) is 6.67. The molecule has 19 heavy (non-hydrogen) atoms. The molecule has 2 rings (SSSR count). The van der Waals surface area contributed by atoms with Crippen LogP contribution in [0.2, 0.25) is 0 Å². The van der Waals surface area contributed by atoms with E-state index in [1.165, 1.54) is 11.0 Å². The number of phenols is 1. The Hall–Kier alpha value is -1.76. The lowest BCUT2D eigenvalue weighted by Gasteiger charge is -2.26. The maximum absolute atomic E-state index is 11.8. The standard InChI is InChI=1S/C12H14BrN3O3/c13-8-2-3-9(10(17)6-8)15-11(18)7-16-5-1-4-14-12(16)19/h2-3,6,17H,1,4-5,7H2,(H,14,19)(H,15,18). The number of hydrogen-bond donors (Lipinski definition) is 3. The fourth-order valence-corrected chi connectivity index (χ4v) is 2.15. The summed E-state index contributed by atoms with van der Waals surface area (Å²) in [7, 11) is 0. The lowest BCUT2D eigenvalue weighted by molar-refractivity contribution is -0.116. The number of carbonyl (C=O) groups excluding carboxylic acids is 2. The van der Waals surface area contributed by atoms with E-state index in [1.807, 2.05) is 0 Å². The number of nitrogens with one attached hydrogen (secondary N) is 2. The summed E-state index contributed by atoms with van der Waals surface area (Å²) in [6.45, 7) is 1.18. The highest BCUT2D eigenvalue weighted by molar-refractivity contribution is 9.10. The monoisotopic (exact) mass is 327 g/mol. The first kappa shape index (κ1) is 13.7. The quantitative estimate of drug-likeness (QED) is 0.736. The number of benzene rings is 1. The molecule has 1 aromatic rings. The van der Waals surface area contributed by atoms with E-state index in [0.29, 0.717) is 18.8 Å². The molecule has 7 heteroatoms. The Bertz CT molecular complexity index is 507. The van der Waals surface area contributed by atoms with Crippen molar-refractivity contribution in [2.24, 2.45) is 0 Å². The van der Waals surface area contributed by atoms with Crippen molar-refractivity contribution < 1.29 is 14.7 Å². The number of phenolic OH excluding ortho intramolecular Hbond substituents is 1. The molecule has 0 unspecified atom stereocenters. The Morgan fingerprint density at radius 1 is 1.53 bits per heavy atom. The zero-order valence-electron chi connectivity index (χ0n) is 10.1. The van der Waals surface area contributed by atoms with Crippen molar-refractivity contribution in [2.45, 2.75) is 6.42 Å². The van der Waals surface area contributed by atoms with Crippen molar-refractivity contribution in [2.75, 3.05) is 25.0 Å². The second kappa shape index (κ2) is 5.92. The van der Waals surface area contributed by atoms with Crippen LogP contribution in [0, 0.1) is 0 Å². The molecule has 0 saturated carbocycles. The van der Waals surface area contributed by atoms with Gasteiger partial charge in [-0.15, -0.1) is 0 Å². The predicted molar refractivity (Wildman–Crippen MR) is 74.0 cm³/mol. The summed E-state index contributed by atoms with van der Waals surface area (Å²) in [5.74, 6) is -0.361. The Labute approximate surface area is 118 Å². The number of urea groups is 1. The van der Waals surface area contributed by atoms with Crippen molar-refractivity contribution in [3.05, 3.63) is 22.7 Å². The van der Waals surface area contributed by atoms with E-state index in [4.69, 9.17) is 0 Å². The Kier molecular flexibility index (Phi) is 4.26. The topological polar surface area (TPSA) is 81.7 Å². The third-order valence-corrected chi connectivity index (χ3v) is 3.23. The maximum Gasteiger partial charge on any atom is 0.317 e. The van der Waals surface area contributed by atoms with Crippen LogP contribution in [0.1, 0.15) is 6.42 Å². The zero-order chi connectivity index (χ0) is 13.8. The van der Waals surface area contributed by atoms with Crippen molar-refractivity contribution >= 4 is 33.6 Å². The highest BCUT2D eigenvalue weighted by Crippen LogP contribution is 2.26. The van der Waals surface area contributed by atoms with Crippen LogP contribution in [0.25, 0.3) is 0 Å². The minimum absolute atomic E-state index is 0.0224. The number of hydrogen-bond acceptors (Lipinski definition) is 3. The minimum atomic E-state index is -0.338. The van der Waals surface area contributed by atoms with Gasteiger partial charge in [-0.1, -0.05) is 15.9 Å². The number of carbonyl (C=O) groups is 2. The molecule has 0 bridgehead atoms. The lowest BCUT2D eigenvalue weighted by Crippen LogP contribution is -2.49. The van der Waals surface area contributed by atoms with E-state index in [0.717, 1.165) is 10.9 Å². The molecule has 3 amide bonds. The highest BCUT2D eigenvalue weighted by Gasteiger charge is 2.20. The molecule has 1 aromatic carbocycles. The minimum Gasteiger partial charge on any atom is -0.506 e. The predicted octanol–water partition coefficient (Wildman–Crippen LogP) is 1.51. The van der Waals surface area contributed by atoms with Gasteiger partial charge in [-0.2, -0.15) is 0 Å². The summed E-state index contributed by atoms with van der Waals surface area (Å²) in [6, 6.07) is 4.56. The van der Waals surface area contributed by atoms with Gasteiger partial charge in [0, 0.05) is 17.6 Å². The molecule has 0 spiro atoms. The number of nitrogens with zero attached hydrogens (tertiary/aromatic N) is 1. The van der Waals surface area contributed by atoms with Crippen LogP contribution in [0.5, 0.6) is 5.75 Å². The molecular formula is C12H14BrN3O3. The first-order valence-electron chi connectivity index (χ1n) is 5.87. The molecule has 0 radical (unpaired) electrons. The van der Waals surface area contributed by atoms with Gasteiger partial charge in [-0.3, -0.25) is 4.79 Å². The summed E-state index contributed by atoms with van der Waals surface area (Å²) in [5.41, 5.74) is 0.325. The summed E-state index contributed by atoms with van der Waals surface area (Å²) in [4.78, 5) is 24.7. The number of anilines is 1. The Morgan fingerprint density at radius 3 is 3.00 bits per heavy atom. The van der Waals surface area contributed by atoms with Crippen LogP contribution in [0.15, 0.2) is 22.7 Å². The van der Waals surface area contributed by atoms with Gasteiger partial charge in [0.25, 0.3) is 0 Å². The molecular weight excluding hydrogens is 314 g/mol. The van der Waals surface area contributed by atoms with Crippen molar-refractivity contribution in [3.8, 4) is 5.75 Å². The molecule has 1 aliphatic heterocycles. The highest BCUT2D eigenvalue weighted by atomic mass is 79.9. The summed E-state index contributed by atoms with van der Waals surface area (Å²) in [6.07, 6.45) is 0.822. The van der Waals surface area contributed by atoms with Crippen LogP contribution < -0.4 is 10.6 Å². The molecule has 0 aromatic heterocycles. The van der Waals surface area contributed by atoms with Gasteiger partial charge >= 0.3 is 6.03 Å². The summed E-state index contributed by atoms with van der Waals surface area (Å²) in [5, 5.41) is 14.9. The number of halogens is 1. The normalized spacial score (nSPS) is 15.0. The second-order valence-electron chi connectivity index (χ2n) is 4.22.